The van der Waals surface area contributed by atoms with Crippen LogP contribution >= 0.6 is 0 Å². The van der Waals surface area contributed by atoms with Gasteiger partial charge in [0.1, 0.15) is 5.60 Å². The molecule has 0 saturated carbocycles. The summed E-state index contributed by atoms with van der Waals surface area (Å²) < 4.78 is 5.19. The number of ether oxygens (including phenoxy) is 1. The van der Waals surface area contributed by atoms with E-state index in [0.29, 0.717) is 6.42 Å². The van der Waals surface area contributed by atoms with Crippen molar-refractivity contribution < 1.29 is 14.6 Å². The Morgan fingerprint density at radius 2 is 2.05 bits per heavy atom. The van der Waals surface area contributed by atoms with E-state index in [0.717, 1.165) is 5.69 Å². The summed E-state index contributed by atoms with van der Waals surface area (Å²) in [5.41, 5.74) is -0.558. The summed E-state index contributed by atoms with van der Waals surface area (Å²) in [6.07, 6.45) is 1.57. The van der Waals surface area contributed by atoms with E-state index in [2.05, 4.69) is 10.3 Å². The van der Waals surface area contributed by atoms with Crippen molar-refractivity contribution in [1.29, 1.82) is 0 Å². The molecule has 0 aliphatic heterocycles. The molecule has 106 valence electrons. The molecule has 0 aliphatic rings. The van der Waals surface area contributed by atoms with Crippen LogP contribution in [0.15, 0.2) is 24.4 Å². The minimum atomic E-state index is -0.795. The number of pyridine rings is 1. The Morgan fingerprint density at radius 1 is 1.37 bits per heavy atom. The molecule has 0 saturated heterocycles. The number of carbonyl (C=O) groups excluding carboxylic acids is 1. The van der Waals surface area contributed by atoms with Gasteiger partial charge in [-0.25, -0.2) is 4.79 Å². The number of aliphatic hydroxyl groups excluding tert-OH is 1. The number of aromatic nitrogens is 1. The van der Waals surface area contributed by atoms with E-state index in [-0.39, 0.29) is 6.61 Å². The van der Waals surface area contributed by atoms with Crippen LogP contribution in [-0.2, 0) is 11.2 Å². The third kappa shape index (κ3) is 5.70. The SMILES string of the molecule is CC(CO)(Cc1ccccn1)NC(=O)OC(C)(C)C. The molecule has 19 heavy (non-hydrogen) atoms. The molecule has 0 spiro atoms. The highest BCUT2D eigenvalue weighted by atomic mass is 16.6. The number of amides is 1. The van der Waals surface area contributed by atoms with Crippen LogP contribution in [-0.4, -0.2) is 33.9 Å². The van der Waals surface area contributed by atoms with Crippen molar-refractivity contribution >= 4 is 6.09 Å². The number of nitrogens with zero attached hydrogens (tertiary/aromatic N) is 1. The lowest BCUT2D eigenvalue weighted by molar-refractivity contribution is 0.0414. The van der Waals surface area contributed by atoms with E-state index in [1.807, 2.05) is 18.2 Å². The summed E-state index contributed by atoms with van der Waals surface area (Å²) in [6.45, 7) is 6.94. The first-order valence-corrected chi connectivity index (χ1v) is 6.26. The Balaban J connectivity index is 2.68. The summed E-state index contributed by atoms with van der Waals surface area (Å²) in [7, 11) is 0. The van der Waals surface area contributed by atoms with Crippen LogP contribution in [0.2, 0.25) is 0 Å². The Kier molecular flexibility index (Phi) is 4.89. The smallest absolute Gasteiger partial charge is 0.408 e. The monoisotopic (exact) mass is 266 g/mol. The Labute approximate surface area is 114 Å². The molecule has 0 aromatic carbocycles. The van der Waals surface area contributed by atoms with Gasteiger partial charge in [-0.15, -0.1) is 0 Å². The quantitative estimate of drug-likeness (QED) is 0.873. The zero-order valence-corrected chi connectivity index (χ0v) is 11.9. The van der Waals surface area contributed by atoms with Crippen molar-refractivity contribution in [2.45, 2.75) is 45.3 Å². The van der Waals surface area contributed by atoms with Crippen LogP contribution in [0.4, 0.5) is 4.79 Å². The zero-order chi connectivity index (χ0) is 14.5. The van der Waals surface area contributed by atoms with E-state index in [9.17, 15) is 9.90 Å². The van der Waals surface area contributed by atoms with Gasteiger partial charge in [0.25, 0.3) is 0 Å². The second-order valence-corrected chi connectivity index (χ2v) is 5.84. The summed E-state index contributed by atoms with van der Waals surface area (Å²) in [5, 5.41) is 12.2. The van der Waals surface area contributed by atoms with Gasteiger partial charge < -0.3 is 15.2 Å². The fourth-order valence-electron chi connectivity index (χ4n) is 1.59. The lowest BCUT2D eigenvalue weighted by Gasteiger charge is -2.30. The van der Waals surface area contributed by atoms with Gasteiger partial charge in [0.15, 0.2) is 0 Å². The van der Waals surface area contributed by atoms with Gasteiger partial charge in [0, 0.05) is 18.3 Å². The van der Waals surface area contributed by atoms with E-state index in [1.54, 1.807) is 33.9 Å². The molecule has 1 atom stereocenters. The van der Waals surface area contributed by atoms with Crippen molar-refractivity contribution in [2.75, 3.05) is 6.61 Å². The number of carbonyl (C=O) groups is 1. The minimum Gasteiger partial charge on any atom is -0.444 e. The lowest BCUT2D eigenvalue weighted by atomic mass is 9.97. The topological polar surface area (TPSA) is 71.5 Å². The molecule has 1 aromatic heterocycles. The number of nitrogens with one attached hydrogen (secondary N) is 1. The van der Waals surface area contributed by atoms with Crippen molar-refractivity contribution in [3.05, 3.63) is 30.1 Å². The molecule has 0 fully saturated rings. The third-order valence-corrected chi connectivity index (χ3v) is 2.45. The normalized spacial score (nSPS) is 14.6. The van der Waals surface area contributed by atoms with Crippen molar-refractivity contribution in [3.63, 3.8) is 0 Å². The number of aliphatic hydroxyl groups is 1. The second-order valence-electron chi connectivity index (χ2n) is 5.84. The average molecular weight is 266 g/mol. The van der Waals surface area contributed by atoms with Crippen LogP contribution in [0.5, 0.6) is 0 Å². The highest BCUT2D eigenvalue weighted by molar-refractivity contribution is 5.68. The standard InChI is InChI=1S/C14H22N2O3/c1-13(2,3)19-12(18)16-14(4,10-17)9-11-7-5-6-8-15-11/h5-8,17H,9-10H2,1-4H3,(H,16,18). The Hall–Kier alpha value is -1.62. The van der Waals surface area contributed by atoms with E-state index in [1.165, 1.54) is 0 Å². The molecular formula is C14H22N2O3. The Bertz CT molecular complexity index is 414. The number of rotatable bonds is 4. The molecule has 5 nitrogen and oxygen atoms in total. The van der Waals surface area contributed by atoms with Crippen LogP contribution in [0.3, 0.4) is 0 Å². The maximum absolute atomic E-state index is 11.8. The molecule has 1 rings (SSSR count). The third-order valence-electron chi connectivity index (χ3n) is 2.45. The molecule has 0 radical (unpaired) electrons. The lowest BCUT2D eigenvalue weighted by Crippen LogP contribution is -2.52. The molecule has 1 unspecified atom stereocenters. The Morgan fingerprint density at radius 3 is 2.53 bits per heavy atom. The molecule has 0 aliphatic carbocycles. The van der Waals surface area contributed by atoms with Gasteiger partial charge in [0.2, 0.25) is 0 Å². The first kappa shape index (κ1) is 15.4. The molecular weight excluding hydrogens is 244 g/mol. The van der Waals surface area contributed by atoms with Gasteiger partial charge in [-0.05, 0) is 39.8 Å². The average Bonchev–Trinajstić information content (AvgIpc) is 2.27. The van der Waals surface area contributed by atoms with Gasteiger partial charge in [-0.2, -0.15) is 0 Å². The first-order valence-electron chi connectivity index (χ1n) is 6.26. The van der Waals surface area contributed by atoms with Gasteiger partial charge >= 0.3 is 6.09 Å². The van der Waals surface area contributed by atoms with Crippen LogP contribution in [0, 0.1) is 0 Å². The number of hydrogen-bond acceptors (Lipinski definition) is 4. The van der Waals surface area contributed by atoms with Crippen LogP contribution < -0.4 is 5.32 Å². The fraction of sp³-hybridized carbons (Fsp3) is 0.571. The molecule has 0 bridgehead atoms. The van der Waals surface area contributed by atoms with E-state index in [4.69, 9.17) is 4.74 Å². The number of hydrogen-bond donors (Lipinski definition) is 2. The van der Waals surface area contributed by atoms with Gasteiger partial charge in [-0.1, -0.05) is 6.07 Å². The predicted octanol–water partition coefficient (Wildman–Crippen LogP) is 1.90. The molecule has 2 N–H and O–H groups in total. The highest BCUT2D eigenvalue weighted by Crippen LogP contribution is 2.13. The summed E-state index contributed by atoms with van der Waals surface area (Å²) >= 11 is 0. The van der Waals surface area contributed by atoms with Gasteiger partial charge in [0.05, 0.1) is 12.1 Å². The van der Waals surface area contributed by atoms with Crippen LogP contribution in [0.25, 0.3) is 0 Å². The van der Waals surface area contributed by atoms with Crippen molar-refractivity contribution in [3.8, 4) is 0 Å². The predicted molar refractivity (Wildman–Crippen MR) is 72.8 cm³/mol. The maximum Gasteiger partial charge on any atom is 0.408 e. The molecule has 5 heteroatoms. The summed E-state index contributed by atoms with van der Waals surface area (Å²) in [5.74, 6) is 0. The summed E-state index contributed by atoms with van der Waals surface area (Å²) in [4.78, 5) is 15.9. The largest absolute Gasteiger partial charge is 0.444 e. The van der Waals surface area contributed by atoms with E-state index >= 15 is 0 Å². The number of alkyl carbamates (subject to hydrolysis) is 1. The van der Waals surface area contributed by atoms with Crippen molar-refractivity contribution in [1.82, 2.24) is 10.3 Å². The zero-order valence-electron chi connectivity index (χ0n) is 11.9. The fourth-order valence-corrected chi connectivity index (χ4v) is 1.59. The highest BCUT2D eigenvalue weighted by Gasteiger charge is 2.29. The minimum absolute atomic E-state index is 0.192. The molecule has 1 aromatic rings. The van der Waals surface area contributed by atoms with Crippen molar-refractivity contribution in [2.24, 2.45) is 0 Å². The van der Waals surface area contributed by atoms with Crippen LogP contribution in [0.1, 0.15) is 33.4 Å². The molecule has 1 heterocycles. The molecule has 1 amide bonds. The first-order chi connectivity index (χ1) is 8.74. The second kappa shape index (κ2) is 6.02. The maximum atomic E-state index is 11.8. The van der Waals surface area contributed by atoms with Gasteiger partial charge in [-0.3, -0.25) is 4.98 Å². The van der Waals surface area contributed by atoms with E-state index < -0.39 is 17.2 Å². The summed E-state index contributed by atoms with van der Waals surface area (Å²) in [6, 6.07) is 5.54.